The van der Waals surface area contributed by atoms with E-state index in [0.717, 1.165) is 57.4 Å². The molecule has 1 atom stereocenters. The number of hydrogen-bond donors (Lipinski definition) is 2. The quantitative estimate of drug-likeness (QED) is 0.893. The molecular weight excluding hydrogens is 302 g/mol. The average Bonchev–Trinajstić information content (AvgIpc) is 2.64. The Balaban J connectivity index is 1.45. The summed E-state index contributed by atoms with van der Waals surface area (Å²) in [5.74, 6) is 0.236. The van der Waals surface area contributed by atoms with Crippen molar-refractivity contribution < 1.29 is 9.90 Å². The summed E-state index contributed by atoms with van der Waals surface area (Å²) in [5.41, 5.74) is 0.978. The molecule has 24 heavy (non-hydrogen) atoms. The van der Waals surface area contributed by atoms with Gasteiger partial charge in [-0.15, -0.1) is 0 Å². The number of nitrogens with zero attached hydrogens (tertiary/aromatic N) is 2. The van der Waals surface area contributed by atoms with Gasteiger partial charge in [0.1, 0.15) is 0 Å². The summed E-state index contributed by atoms with van der Waals surface area (Å²) in [6.45, 7) is 3.56. The third kappa shape index (κ3) is 4.28. The number of aliphatic hydroxyl groups excluding tert-OH is 1. The van der Waals surface area contributed by atoms with Crippen molar-refractivity contribution in [1.82, 2.24) is 15.1 Å². The van der Waals surface area contributed by atoms with Gasteiger partial charge in [0.25, 0.3) is 0 Å². The van der Waals surface area contributed by atoms with E-state index in [4.69, 9.17) is 0 Å². The highest BCUT2D eigenvalue weighted by Gasteiger charge is 2.29. The van der Waals surface area contributed by atoms with Crippen molar-refractivity contribution >= 4 is 6.03 Å². The van der Waals surface area contributed by atoms with Gasteiger partial charge in [0.2, 0.25) is 0 Å². The van der Waals surface area contributed by atoms with E-state index >= 15 is 0 Å². The molecule has 0 aromatic heterocycles. The third-order valence-corrected chi connectivity index (χ3v) is 5.46. The van der Waals surface area contributed by atoms with E-state index in [9.17, 15) is 9.90 Å². The van der Waals surface area contributed by atoms with Crippen LogP contribution in [0.1, 0.15) is 37.4 Å². The molecule has 2 heterocycles. The summed E-state index contributed by atoms with van der Waals surface area (Å²) in [7, 11) is 2.13. The number of benzene rings is 1. The van der Waals surface area contributed by atoms with Crippen molar-refractivity contribution in [2.24, 2.45) is 5.92 Å². The normalized spacial score (nSPS) is 22.3. The molecule has 3 rings (SSSR count). The van der Waals surface area contributed by atoms with Gasteiger partial charge in [-0.1, -0.05) is 30.3 Å². The second kappa shape index (κ2) is 7.99. The summed E-state index contributed by atoms with van der Waals surface area (Å²) in [4.78, 5) is 16.6. The Kier molecular flexibility index (Phi) is 5.74. The Bertz CT molecular complexity index is 521. The first-order valence-corrected chi connectivity index (χ1v) is 9.10. The number of carbonyl (C=O) groups is 1. The molecule has 1 aromatic carbocycles. The molecule has 2 saturated heterocycles. The number of rotatable bonds is 3. The predicted molar refractivity (Wildman–Crippen MR) is 94.7 cm³/mol. The summed E-state index contributed by atoms with van der Waals surface area (Å²) in [6.07, 6.45) is 3.36. The molecule has 5 heteroatoms. The number of aliphatic hydroxyl groups is 1. The zero-order chi connectivity index (χ0) is 16.9. The second-order valence-electron chi connectivity index (χ2n) is 7.21. The average molecular weight is 331 g/mol. The van der Waals surface area contributed by atoms with Crippen molar-refractivity contribution in [3.63, 3.8) is 0 Å². The van der Waals surface area contributed by atoms with E-state index in [1.54, 1.807) is 0 Å². The highest BCUT2D eigenvalue weighted by Crippen LogP contribution is 2.30. The van der Waals surface area contributed by atoms with Crippen LogP contribution in [-0.4, -0.2) is 60.2 Å². The summed E-state index contributed by atoms with van der Waals surface area (Å²) < 4.78 is 0. The van der Waals surface area contributed by atoms with Gasteiger partial charge in [-0.2, -0.15) is 0 Å². The topological polar surface area (TPSA) is 55.8 Å². The van der Waals surface area contributed by atoms with Crippen molar-refractivity contribution in [1.29, 1.82) is 0 Å². The number of piperidine rings is 2. The SMILES string of the molecule is CN1CCC(NC(=O)N2CCC(C(O)c3ccccc3)CC2)CC1. The van der Waals surface area contributed by atoms with E-state index < -0.39 is 6.10 Å². The van der Waals surface area contributed by atoms with Crippen LogP contribution in [0.2, 0.25) is 0 Å². The number of hydrogen-bond acceptors (Lipinski definition) is 3. The maximum absolute atomic E-state index is 12.4. The Hall–Kier alpha value is -1.59. The van der Waals surface area contributed by atoms with Crippen LogP contribution in [-0.2, 0) is 0 Å². The highest BCUT2D eigenvalue weighted by molar-refractivity contribution is 5.74. The van der Waals surface area contributed by atoms with Crippen LogP contribution in [0, 0.1) is 5.92 Å². The maximum Gasteiger partial charge on any atom is 0.317 e. The smallest absolute Gasteiger partial charge is 0.317 e. The fourth-order valence-electron chi connectivity index (χ4n) is 3.76. The Morgan fingerprint density at radius 1 is 1.08 bits per heavy atom. The van der Waals surface area contributed by atoms with Gasteiger partial charge in [-0.3, -0.25) is 0 Å². The van der Waals surface area contributed by atoms with E-state index in [-0.39, 0.29) is 11.9 Å². The summed E-state index contributed by atoms with van der Waals surface area (Å²) in [6, 6.07) is 10.2. The third-order valence-electron chi connectivity index (χ3n) is 5.46. The number of likely N-dealkylation sites (tertiary alicyclic amines) is 2. The summed E-state index contributed by atoms with van der Waals surface area (Å²) >= 11 is 0. The fourth-order valence-corrected chi connectivity index (χ4v) is 3.76. The van der Waals surface area contributed by atoms with Crippen LogP contribution in [0.5, 0.6) is 0 Å². The lowest BCUT2D eigenvalue weighted by Gasteiger charge is -2.36. The minimum Gasteiger partial charge on any atom is -0.388 e. The molecule has 1 aromatic rings. The fraction of sp³-hybridized carbons (Fsp3) is 0.632. The standard InChI is InChI=1S/C19H29N3O2/c1-21-11-9-17(10-12-21)20-19(24)22-13-7-16(8-14-22)18(23)15-5-3-2-4-6-15/h2-6,16-18,23H,7-14H2,1H3,(H,20,24). The Morgan fingerprint density at radius 3 is 2.33 bits per heavy atom. The van der Waals surface area contributed by atoms with E-state index in [2.05, 4.69) is 17.3 Å². The first-order chi connectivity index (χ1) is 11.6. The van der Waals surface area contributed by atoms with Gasteiger partial charge in [-0.25, -0.2) is 4.79 Å². The molecule has 0 saturated carbocycles. The molecule has 2 amide bonds. The number of urea groups is 1. The number of nitrogens with one attached hydrogen (secondary N) is 1. The zero-order valence-corrected chi connectivity index (χ0v) is 14.5. The van der Waals surface area contributed by atoms with Crippen molar-refractivity contribution in [2.45, 2.75) is 37.8 Å². The Labute approximate surface area is 144 Å². The highest BCUT2D eigenvalue weighted by atomic mass is 16.3. The zero-order valence-electron chi connectivity index (χ0n) is 14.5. The van der Waals surface area contributed by atoms with Crippen LogP contribution >= 0.6 is 0 Å². The number of amides is 2. The molecule has 132 valence electrons. The van der Waals surface area contributed by atoms with Crippen molar-refractivity contribution in [2.75, 3.05) is 33.2 Å². The van der Waals surface area contributed by atoms with Crippen LogP contribution in [0.4, 0.5) is 4.79 Å². The van der Waals surface area contributed by atoms with Crippen molar-refractivity contribution in [3.05, 3.63) is 35.9 Å². The van der Waals surface area contributed by atoms with Crippen LogP contribution in [0.3, 0.4) is 0 Å². The van der Waals surface area contributed by atoms with Gasteiger partial charge in [0.05, 0.1) is 6.10 Å². The molecule has 0 spiro atoms. The van der Waals surface area contributed by atoms with E-state index in [1.165, 1.54) is 0 Å². The van der Waals surface area contributed by atoms with Gasteiger partial charge in [0.15, 0.2) is 0 Å². The van der Waals surface area contributed by atoms with Gasteiger partial charge < -0.3 is 20.2 Å². The molecule has 2 aliphatic rings. The molecule has 0 radical (unpaired) electrons. The van der Waals surface area contributed by atoms with E-state index in [0.29, 0.717) is 6.04 Å². The van der Waals surface area contributed by atoms with Crippen LogP contribution in [0.25, 0.3) is 0 Å². The second-order valence-corrected chi connectivity index (χ2v) is 7.21. The molecule has 1 unspecified atom stereocenters. The predicted octanol–water partition coefficient (Wildman–Crippen LogP) is 2.24. The largest absolute Gasteiger partial charge is 0.388 e. The minimum atomic E-state index is -0.426. The minimum absolute atomic E-state index is 0.0669. The lowest BCUT2D eigenvalue weighted by molar-refractivity contribution is 0.0657. The molecule has 2 aliphatic heterocycles. The molecular formula is C19H29N3O2. The Morgan fingerprint density at radius 2 is 1.71 bits per heavy atom. The van der Waals surface area contributed by atoms with Gasteiger partial charge >= 0.3 is 6.03 Å². The lowest BCUT2D eigenvalue weighted by atomic mass is 9.87. The molecule has 2 fully saturated rings. The molecule has 2 N–H and O–H groups in total. The molecule has 5 nitrogen and oxygen atoms in total. The first-order valence-electron chi connectivity index (χ1n) is 9.10. The van der Waals surface area contributed by atoms with Crippen LogP contribution < -0.4 is 5.32 Å². The van der Waals surface area contributed by atoms with E-state index in [1.807, 2.05) is 35.2 Å². The van der Waals surface area contributed by atoms with Gasteiger partial charge in [0, 0.05) is 19.1 Å². The van der Waals surface area contributed by atoms with Crippen LogP contribution in [0.15, 0.2) is 30.3 Å². The molecule has 0 aliphatic carbocycles. The van der Waals surface area contributed by atoms with Gasteiger partial charge in [-0.05, 0) is 57.3 Å². The number of carbonyl (C=O) groups excluding carboxylic acids is 1. The van der Waals surface area contributed by atoms with Crippen molar-refractivity contribution in [3.8, 4) is 0 Å². The summed E-state index contributed by atoms with van der Waals surface area (Å²) in [5, 5.41) is 13.7. The maximum atomic E-state index is 12.4. The monoisotopic (exact) mass is 331 g/mol. The lowest BCUT2D eigenvalue weighted by Crippen LogP contribution is -2.50. The molecule has 0 bridgehead atoms. The first kappa shape index (κ1) is 17.2.